The standard InChI is InChI=1S/C47H30O/c1-29-19-21-40-43(25-29)47(39-23-22-34(30-11-3-2-4-12-30)35-15-7-8-16-36(35)39)38-18-10-9-17-37(38)46(40)33-20-24-44-41(27-33)42-26-31-13-5-6-14-32(31)28-45(42)48-44/h2-28H,1H3/i2D,3D,4D,5D,6D,7D,8D,9D,10D,11D,12D,13D,14D,15D,16D,17D,18D,19D,20D,21D,22D,23D,24D,25D,26D,27D,28D. The fraction of sp³-hybridized carbons (Fsp3) is 0.0213. The van der Waals surface area contributed by atoms with E-state index in [0.717, 1.165) is 0 Å². The van der Waals surface area contributed by atoms with Crippen LogP contribution in [0.1, 0.15) is 42.6 Å². The Morgan fingerprint density at radius 3 is 1.77 bits per heavy atom. The molecule has 10 rings (SSSR count). The van der Waals surface area contributed by atoms with E-state index >= 15 is 0 Å². The Kier molecular flexibility index (Phi) is 2.50. The second-order valence-corrected chi connectivity index (χ2v) is 10.8. The largest absolute Gasteiger partial charge is 0.456 e. The van der Waals surface area contributed by atoms with E-state index in [1.54, 1.807) is 0 Å². The van der Waals surface area contributed by atoms with E-state index in [-0.39, 0.29) is 5.56 Å². The predicted octanol–water partition coefficient (Wildman–Crippen LogP) is 13.5. The average Bonchev–Trinajstić information content (AvgIpc) is 3.81. The molecule has 0 saturated heterocycles. The molecule has 1 heteroatoms. The van der Waals surface area contributed by atoms with Gasteiger partial charge in [-0.1, -0.05) is 145 Å². The average molecular weight is 638 g/mol. The summed E-state index contributed by atoms with van der Waals surface area (Å²) < 4.78 is 251. The van der Waals surface area contributed by atoms with Crippen molar-refractivity contribution in [2.75, 3.05) is 0 Å². The fourth-order valence-electron chi connectivity index (χ4n) is 5.98. The molecule has 0 aliphatic rings. The summed E-state index contributed by atoms with van der Waals surface area (Å²) in [6.07, 6.45) is 0. The van der Waals surface area contributed by atoms with Gasteiger partial charge in [-0.3, -0.25) is 0 Å². The minimum Gasteiger partial charge on any atom is -0.456 e. The number of fused-ring (bicyclic) bond motifs is 7. The van der Waals surface area contributed by atoms with Crippen LogP contribution in [0.3, 0.4) is 0 Å². The van der Waals surface area contributed by atoms with Gasteiger partial charge in [-0.05, 0) is 108 Å². The molecule has 0 atom stereocenters. The first-order valence-corrected chi connectivity index (χ1v) is 14.4. The quantitative estimate of drug-likeness (QED) is 0.176. The van der Waals surface area contributed by atoms with Crippen LogP contribution < -0.4 is 0 Å². The maximum Gasteiger partial charge on any atom is 0.136 e. The molecule has 0 amide bonds. The minimum atomic E-state index is -1.03. The van der Waals surface area contributed by atoms with Gasteiger partial charge in [0.2, 0.25) is 0 Å². The van der Waals surface area contributed by atoms with Crippen LogP contribution in [0.4, 0.5) is 0 Å². The van der Waals surface area contributed by atoms with Gasteiger partial charge in [0.1, 0.15) is 11.2 Å². The molecule has 0 aliphatic heterocycles. The Balaban J connectivity index is 1.53. The number of benzene rings is 9. The number of hydrogen-bond donors (Lipinski definition) is 0. The van der Waals surface area contributed by atoms with Crippen LogP contribution in [-0.2, 0) is 0 Å². The topological polar surface area (TPSA) is 13.1 Å². The summed E-state index contributed by atoms with van der Waals surface area (Å²) in [7, 11) is 0. The molecule has 224 valence electrons. The van der Waals surface area contributed by atoms with Crippen molar-refractivity contribution in [2.24, 2.45) is 0 Å². The summed E-state index contributed by atoms with van der Waals surface area (Å²) in [6.45, 7) is 1.24. The summed E-state index contributed by atoms with van der Waals surface area (Å²) in [4.78, 5) is 0. The third-order valence-electron chi connectivity index (χ3n) is 8.01. The maximum absolute atomic E-state index is 9.90. The highest BCUT2D eigenvalue weighted by Crippen LogP contribution is 2.47. The lowest BCUT2D eigenvalue weighted by Gasteiger charge is -2.20. The molecule has 0 saturated carbocycles. The normalized spacial score (nSPS) is 19.7. The number of rotatable bonds is 3. The van der Waals surface area contributed by atoms with Crippen LogP contribution in [0, 0.1) is 6.92 Å². The van der Waals surface area contributed by atoms with Gasteiger partial charge in [-0.2, -0.15) is 0 Å². The first-order chi connectivity index (χ1) is 35.0. The monoisotopic (exact) mass is 637 g/mol. The van der Waals surface area contributed by atoms with Gasteiger partial charge >= 0.3 is 0 Å². The van der Waals surface area contributed by atoms with E-state index in [1.165, 1.54) is 6.92 Å². The first kappa shape index (κ1) is 11.5. The van der Waals surface area contributed by atoms with Crippen LogP contribution in [0.5, 0.6) is 0 Å². The van der Waals surface area contributed by atoms with Crippen molar-refractivity contribution in [3.05, 3.63) is 169 Å². The van der Waals surface area contributed by atoms with Gasteiger partial charge in [0.15, 0.2) is 0 Å². The van der Waals surface area contributed by atoms with E-state index in [1.807, 2.05) is 0 Å². The molecule has 10 aromatic rings. The van der Waals surface area contributed by atoms with Gasteiger partial charge in [0.25, 0.3) is 0 Å². The molecule has 0 N–H and O–H groups in total. The SMILES string of the molecule is [2H]c1c([2H])c([2H])c(-c2c([2H])c([2H])c(-c3c4c([2H])c([2H])c([2H])c([2H])c4c(-c4c([2H])c([2H])c5oc6c([2H])c7c([2H])c([2H])c([2H])c([2H])c7c([2H])c6c5c4[2H])c4c([2H])c([2H])c(C)c([2H])c34)c3c([2H])c([2H])c([2H])c([2H])c23)c([2H])c1[2H]. The van der Waals surface area contributed by atoms with Crippen LogP contribution in [-0.4, -0.2) is 0 Å². The van der Waals surface area contributed by atoms with E-state index in [2.05, 4.69) is 0 Å². The number of furan rings is 1. The highest BCUT2D eigenvalue weighted by Gasteiger charge is 2.20. The zero-order valence-electron chi connectivity index (χ0n) is 51.4. The molecule has 0 aliphatic carbocycles. The first-order valence-electron chi connectivity index (χ1n) is 27.9. The summed E-state index contributed by atoms with van der Waals surface area (Å²) in [6, 6.07) is -23.4. The van der Waals surface area contributed by atoms with Crippen LogP contribution >= 0.6 is 0 Å². The predicted molar refractivity (Wildman–Crippen MR) is 205 cm³/mol. The van der Waals surface area contributed by atoms with Crippen LogP contribution in [0.2, 0.25) is 0 Å². The summed E-state index contributed by atoms with van der Waals surface area (Å²) >= 11 is 0. The molecule has 9 aromatic carbocycles. The summed E-state index contributed by atoms with van der Waals surface area (Å²) in [5.74, 6) is 0. The molecule has 0 unspecified atom stereocenters. The molecule has 1 nitrogen and oxygen atoms in total. The molecular formula is C47H30O. The number of hydrogen-bond acceptors (Lipinski definition) is 1. The van der Waals surface area contributed by atoms with Gasteiger partial charge in [0.05, 0.1) is 37.0 Å². The van der Waals surface area contributed by atoms with Crippen LogP contribution in [0.15, 0.2) is 168 Å². The molecular weight excluding hydrogens is 581 g/mol. The summed E-state index contributed by atoms with van der Waals surface area (Å²) in [5, 5.41) is -5.85. The molecule has 48 heavy (non-hydrogen) atoms. The molecule has 0 bridgehead atoms. The second kappa shape index (κ2) is 10.4. The molecule has 0 fully saturated rings. The van der Waals surface area contributed by atoms with Gasteiger partial charge in [0, 0.05) is 10.8 Å². The van der Waals surface area contributed by atoms with Crippen molar-refractivity contribution in [3.63, 3.8) is 0 Å². The summed E-state index contributed by atoms with van der Waals surface area (Å²) in [5.41, 5.74) is -5.61. The van der Waals surface area contributed by atoms with E-state index in [4.69, 9.17) is 25.0 Å². The fourth-order valence-corrected chi connectivity index (χ4v) is 5.98. The maximum atomic E-state index is 9.90. The van der Waals surface area contributed by atoms with Gasteiger partial charge < -0.3 is 4.42 Å². The Bertz CT molecular complexity index is 4330. The van der Waals surface area contributed by atoms with E-state index in [0.29, 0.717) is 0 Å². The Morgan fingerprint density at radius 2 is 0.979 bits per heavy atom. The zero-order valence-corrected chi connectivity index (χ0v) is 24.4. The Morgan fingerprint density at radius 1 is 0.375 bits per heavy atom. The molecule has 1 aromatic heterocycles. The molecule has 1 heterocycles. The lowest BCUT2D eigenvalue weighted by molar-refractivity contribution is 0.669. The van der Waals surface area contributed by atoms with Gasteiger partial charge in [-0.15, -0.1) is 0 Å². The van der Waals surface area contributed by atoms with Crippen molar-refractivity contribution in [2.45, 2.75) is 6.92 Å². The highest BCUT2D eigenvalue weighted by molar-refractivity contribution is 6.25. The van der Waals surface area contributed by atoms with Crippen molar-refractivity contribution in [3.8, 4) is 33.4 Å². The van der Waals surface area contributed by atoms with Crippen LogP contribution in [0.25, 0.3) is 98.4 Å². The van der Waals surface area contributed by atoms with Crippen molar-refractivity contribution in [1.82, 2.24) is 0 Å². The highest BCUT2D eigenvalue weighted by atomic mass is 16.3. The van der Waals surface area contributed by atoms with Crippen molar-refractivity contribution < 1.29 is 41.4 Å². The second-order valence-electron chi connectivity index (χ2n) is 10.8. The minimum absolute atomic E-state index is 0.271. The Labute approximate surface area is 316 Å². The van der Waals surface area contributed by atoms with E-state index in [9.17, 15) is 16.4 Å². The molecule has 0 radical (unpaired) electrons. The lowest BCUT2D eigenvalue weighted by Crippen LogP contribution is -1.93. The molecule has 0 spiro atoms. The van der Waals surface area contributed by atoms with Crippen molar-refractivity contribution >= 4 is 65.0 Å². The van der Waals surface area contributed by atoms with Gasteiger partial charge in [-0.25, -0.2) is 0 Å². The zero-order chi connectivity index (χ0) is 55.3. The Hall–Kier alpha value is -6.18. The van der Waals surface area contributed by atoms with Crippen molar-refractivity contribution in [1.29, 1.82) is 0 Å². The van der Waals surface area contributed by atoms with E-state index < -0.39 is 262 Å². The lowest BCUT2D eigenvalue weighted by atomic mass is 9.83. The third-order valence-corrected chi connectivity index (χ3v) is 8.01. The third kappa shape index (κ3) is 4.04. The smallest absolute Gasteiger partial charge is 0.136 e.